The van der Waals surface area contributed by atoms with Crippen molar-refractivity contribution in [3.8, 4) is 0 Å². The predicted octanol–water partition coefficient (Wildman–Crippen LogP) is 2.82. The second-order valence-electron chi connectivity index (χ2n) is 6.78. The molecule has 1 fully saturated rings. The summed E-state index contributed by atoms with van der Waals surface area (Å²) < 4.78 is 64.2. The van der Waals surface area contributed by atoms with Gasteiger partial charge >= 0.3 is 6.18 Å². The summed E-state index contributed by atoms with van der Waals surface area (Å²) in [6, 6.07) is 7.63. The molecule has 1 aliphatic heterocycles. The zero-order valence-corrected chi connectivity index (χ0v) is 16.2. The molecular weight excluding hydrogens is 407 g/mol. The van der Waals surface area contributed by atoms with Crippen LogP contribution in [-0.2, 0) is 27.5 Å². The maximum Gasteiger partial charge on any atom is 0.416 e. The molecule has 0 radical (unpaired) electrons. The van der Waals surface area contributed by atoms with Crippen molar-refractivity contribution < 1.29 is 26.4 Å². The Morgan fingerprint density at radius 1 is 1.14 bits per heavy atom. The molecule has 6 nitrogen and oxygen atoms in total. The molecule has 0 unspecified atom stereocenters. The summed E-state index contributed by atoms with van der Waals surface area (Å²) in [5, 5.41) is 2.71. The van der Waals surface area contributed by atoms with E-state index >= 15 is 0 Å². The lowest BCUT2D eigenvalue weighted by Gasteiger charge is -2.30. The molecule has 0 saturated carbocycles. The highest BCUT2D eigenvalue weighted by atomic mass is 32.2. The highest BCUT2D eigenvalue weighted by Crippen LogP contribution is 2.29. The summed E-state index contributed by atoms with van der Waals surface area (Å²) >= 11 is 0. The number of nitrogens with zero attached hydrogens (tertiary/aromatic N) is 2. The molecule has 1 amide bonds. The van der Waals surface area contributed by atoms with Gasteiger partial charge in [0.2, 0.25) is 15.9 Å². The van der Waals surface area contributed by atoms with Gasteiger partial charge in [-0.1, -0.05) is 12.1 Å². The van der Waals surface area contributed by atoms with Crippen LogP contribution in [0.25, 0.3) is 0 Å². The van der Waals surface area contributed by atoms with E-state index in [0.717, 1.165) is 12.1 Å². The van der Waals surface area contributed by atoms with Gasteiger partial charge in [-0.25, -0.2) is 8.42 Å². The molecule has 1 aromatic heterocycles. The van der Waals surface area contributed by atoms with Gasteiger partial charge in [-0.3, -0.25) is 9.78 Å². The van der Waals surface area contributed by atoms with E-state index in [0.29, 0.717) is 18.4 Å². The van der Waals surface area contributed by atoms with E-state index in [-0.39, 0.29) is 36.4 Å². The number of benzene rings is 1. The van der Waals surface area contributed by atoms with Crippen LogP contribution in [0.5, 0.6) is 0 Å². The number of hydrogen-bond donors (Lipinski definition) is 1. The molecular formula is C19H20F3N3O3S. The van der Waals surface area contributed by atoms with Crippen LogP contribution in [0.2, 0.25) is 0 Å². The molecule has 29 heavy (non-hydrogen) atoms. The summed E-state index contributed by atoms with van der Waals surface area (Å²) in [6.45, 7) is 0.552. The SMILES string of the molecule is O=C(NCc1ccc(C(F)(F)F)cc1)C1CCN(S(=O)(=O)c2cccnc2)CC1. The molecule has 156 valence electrons. The van der Waals surface area contributed by atoms with Crippen LogP contribution in [0.3, 0.4) is 0 Å². The minimum Gasteiger partial charge on any atom is -0.352 e. The first-order valence-corrected chi connectivity index (χ1v) is 10.5. The average Bonchev–Trinajstić information content (AvgIpc) is 2.72. The van der Waals surface area contributed by atoms with Crippen molar-refractivity contribution in [1.29, 1.82) is 0 Å². The first-order chi connectivity index (χ1) is 13.7. The Morgan fingerprint density at radius 3 is 2.34 bits per heavy atom. The molecule has 1 aliphatic rings. The van der Waals surface area contributed by atoms with Crippen LogP contribution < -0.4 is 5.32 Å². The number of amides is 1. The molecule has 0 bridgehead atoms. The third-order valence-electron chi connectivity index (χ3n) is 4.84. The van der Waals surface area contributed by atoms with Gasteiger partial charge in [0.05, 0.1) is 5.56 Å². The number of nitrogens with one attached hydrogen (secondary N) is 1. The smallest absolute Gasteiger partial charge is 0.352 e. The first kappa shape index (κ1) is 21.3. The van der Waals surface area contributed by atoms with Gasteiger partial charge in [0, 0.05) is 37.9 Å². The Balaban J connectivity index is 1.51. The summed E-state index contributed by atoms with van der Waals surface area (Å²) in [6.07, 6.45) is -0.868. The number of carbonyl (C=O) groups excluding carboxylic acids is 1. The third-order valence-corrected chi connectivity index (χ3v) is 6.73. The molecule has 2 aromatic rings. The van der Waals surface area contributed by atoms with E-state index in [9.17, 15) is 26.4 Å². The summed E-state index contributed by atoms with van der Waals surface area (Å²) in [4.78, 5) is 16.3. The Kier molecular flexibility index (Phi) is 6.23. The summed E-state index contributed by atoms with van der Waals surface area (Å²) in [5.41, 5.74) is -0.183. The number of hydrogen-bond acceptors (Lipinski definition) is 4. The van der Waals surface area contributed by atoms with E-state index in [4.69, 9.17) is 0 Å². The number of sulfonamides is 1. The van der Waals surface area contributed by atoms with E-state index in [2.05, 4.69) is 10.3 Å². The fraction of sp³-hybridized carbons (Fsp3) is 0.368. The van der Waals surface area contributed by atoms with Crippen molar-refractivity contribution in [2.24, 2.45) is 5.92 Å². The normalized spacial score (nSPS) is 16.5. The fourth-order valence-corrected chi connectivity index (χ4v) is 4.59. The summed E-state index contributed by atoms with van der Waals surface area (Å²) in [7, 11) is -3.64. The van der Waals surface area contributed by atoms with Crippen LogP contribution in [0.1, 0.15) is 24.0 Å². The topological polar surface area (TPSA) is 79.4 Å². The van der Waals surface area contributed by atoms with E-state index < -0.39 is 21.8 Å². The molecule has 0 atom stereocenters. The van der Waals surface area contributed by atoms with Crippen molar-refractivity contribution in [3.05, 3.63) is 59.9 Å². The number of rotatable bonds is 5. The fourth-order valence-electron chi connectivity index (χ4n) is 3.15. The van der Waals surface area contributed by atoms with Crippen LogP contribution in [0, 0.1) is 5.92 Å². The number of piperidine rings is 1. The van der Waals surface area contributed by atoms with Gasteiger partial charge in [-0.2, -0.15) is 17.5 Å². The summed E-state index contributed by atoms with van der Waals surface area (Å²) in [5.74, 6) is -0.576. The third kappa shape index (κ3) is 5.13. The van der Waals surface area contributed by atoms with E-state index in [1.807, 2.05) is 0 Å². The lowest BCUT2D eigenvalue weighted by Crippen LogP contribution is -2.42. The van der Waals surface area contributed by atoms with Crippen molar-refractivity contribution in [1.82, 2.24) is 14.6 Å². The molecule has 1 saturated heterocycles. The standard InChI is InChI=1S/C19H20F3N3O3S/c20-19(21,22)16-5-3-14(4-6-16)12-24-18(26)15-7-10-25(11-8-15)29(27,28)17-2-1-9-23-13-17/h1-6,9,13,15H,7-8,10-12H2,(H,24,26). The number of pyridine rings is 1. The van der Waals surface area contributed by atoms with Gasteiger partial charge < -0.3 is 5.32 Å². The van der Waals surface area contributed by atoms with E-state index in [1.165, 1.54) is 34.9 Å². The van der Waals surface area contributed by atoms with Crippen LogP contribution in [-0.4, -0.2) is 36.7 Å². The molecule has 10 heteroatoms. The predicted molar refractivity (Wildman–Crippen MR) is 99.0 cm³/mol. The van der Waals surface area contributed by atoms with Gasteiger partial charge in [0.15, 0.2) is 0 Å². The molecule has 3 rings (SSSR count). The number of carbonyl (C=O) groups is 1. The second-order valence-corrected chi connectivity index (χ2v) is 8.72. The monoisotopic (exact) mass is 427 g/mol. The van der Waals surface area contributed by atoms with Crippen LogP contribution in [0.4, 0.5) is 13.2 Å². The largest absolute Gasteiger partial charge is 0.416 e. The van der Waals surface area contributed by atoms with Gasteiger partial charge in [-0.15, -0.1) is 0 Å². The first-order valence-electron chi connectivity index (χ1n) is 9.02. The molecule has 1 N–H and O–H groups in total. The lowest BCUT2D eigenvalue weighted by atomic mass is 9.97. The van der Waals surface area contributed by atoms with Gasteiger partial charge in [-0.05, 0) is 42.7 Å². The Morgan fingerprint density at radius 2 is 1.79 bits per heavy atom. The Hall–Kier alpha value is -2.46. The quantitative estimate of drug-likeness (QED) is 0.796. The number of alkyl halides is 3. The maximum atomic E-state index is 12.6. The maximum absolute atomic E-state index is 12.6. The Labute approximate surface area is 166 Å². The average molecular weight is 427 g/mol. The lowest BCUT2D eigenvalue weighted by molar-refractivity contribution is -0.137. The highest BCUT2D eigenvalue weighted by Gasteiger charge is 2.32. The van der Waals surface area contributed by atoms with Crippen LogP contribution in [0.15, 0.2) is 53.7 Å². The van der Waals surface area contributed by atoms with Crippen molar-refractivity contribution in [2.45, 2.75) is 30.5 Å². The number of aromatic nitrogens is 1. The molecule has 2 heterocycles. The zero-order valence-electron chi connectivity index (χ0n) is 15.4. The number of halogens is 3. The van der Waals surface area contributed by atoms with Gasteiger partial charge in [0.1, 0.15) is 4.90 Å². The Bertz CT molecular complexity index is 940. The van der Waals surface area contributed by atoms with Crippen molar-refractivity contribution in [2.75, 3.05) is 13.1 Å². The minimum atomic E-state index is -4.40. The molecule has 0 spiro atoms. The van der Waals surface area contributed by atoms with E-state index in [1.54, 1.807) is 6.07 Å². The molecule has 0 aliphatic carbocycles. The van der Waals surface area contributed by atoms with Crippen LogP contribution >= 0.6 is 0 Å². The van der Waals surface area contributed by atoms with Crippen molar-refractivity contribution >= 4 is 15.9 Å². The second kappa shape index (κ2) is 8.50. The van der Waals surface area contributed by atoms with Crippen molar-refractivity contribution in [3.63, 3.8) is 0 Å². The molecule has 1 aromatic carbocycles. The highest BCUT2D eigenvalue weighted by molar-refractivity contribution is 7.89. The minimum absolute atomic E-state index is 0.116. The van der Waals surface area contributed by atoms with Gasteiger partial charge in [0.25, 0.3) is 0 Å². The zero-order chi connectivity index (χ0) is 21.1.